The third-order valence-corrected chi connectivity index (χ3v) is 5.25. The average Bonchev–Trinajstić information content (AvgIpc) is 3.30. The van der Waals surface area contributed by atoms with Crippen molar-refractivity contribution in [3.8, 4) is 0 Å². The van der Waals surface area contributed by atoms with Crippen LogP contribution in [0, 0.1) is 0 Å². The van der Waals surface area contributed by atoms with E-state index in [1.807, 2.05) is 22.8 Å². The Morgan fingerprint density at radius 2 is 2.04 bits per heavy atom. The van der Waals surface area contributed by atoms with Crippen molar-refractivity contribution in [3.05, 3.63) is 47.0 Å². The molecule has 0 atom stereocenters. The highest BCUT2D eigenvalue weighted by Gasteiger charge is 2.32. The van der Waals surface area contributed by atoms with E-state index in [0.29, 0.717) is 31.2 Å². The van der Waals surface area contributed by atoms with Gasteiger partial charge in [-0.05, 0) is 37.3 Å². The van der Waals surface area contributed by atoms with Gasteiger partial charge in [0.25, 0.3) is 11.8 Å². The van der Waals surface area contributed by atoms with Crippen molar-refractivity contribution >= 4 is 17.5 Å². The van der Waals surface area contributed by atoms with Gasteiger partial charge < -0.3 is 19.5 Å². The second-order valence-corrected chi connectivity index (χ2v) is 6.92. The average molecular weight is 368 g/mol. The number of nitrogens with one attached hydrogen (secondary N) is 1. The smallest absolute Gasteiger partial charge is 0.287 e. The Kier molecular flexibility index (Phi) is 4.94. The van der Waals surface area contributed by atoms with Crippen LogP contribution < -0.4 is 10.2 Å². The molecule has 2 aliphatic rings. The number of ether oxygens (including phenoxy) is 1. The summed E-state index contributed by atoms with van der Waals surface area (Å²) in [5.41, 5.74) is 3.43. The quantitative estimate of drug-likeness (QED) is 0.817. The van der Waals surface area contributed by atoms with Crippen LogP contribution in [0.1, 0.15) is 45.2 Å². The maximum atomic E-state index is 13.3. The number of methoxy groups -OCH3 is 1. The zero-order valence-electron chi connectivity index (χ0n) is 15.5. The molecule has 0 radical (unpaired) electrons. The van der Waals surface area contributed by atoms with Crippen LogP contribution >= 0.6 is 0 Å². The van der Waals surface area contributed by atoms with Gasteiger partial charge in [-0.3, -0.25) is 9.59 Å². The summed E-state index contributed by atoms with van der Waals surface area (Å²) in [7, 11) is 1.59. The highest BCUT2D eigenvalue weighted by molar-refractivity contribution is 6.07. The maximum absolute atomic E-state index is 13.3. The lowest BCUT2D eigenvalue weighted by molar-refractivity contribution is 0.0921. The summed E-state index contributed by atoms with van der Waals surface area (Å²) < 4.78 is 6.90. The number of carbonyl (C=O) groups is 2. The summed E-state index contributed by atoms with van der Waals surface area (Å²) in [6.07, 6.45) is 3.62. The van der Waals surface area contributed by atoms with Crippen molar-refractivity contribution in [1.82, 2.24) is 14.9 Å². The van der Waals surface area contributed by atoms with Crippen LogP contribution in [-0.4, -0.2) is 48.2 Å². The van der Waals surface area contributed by atoms with Gasteiger partial charge in [-0.2, -0.15) is 0 Å². The first kappa shape index (κ1) is 17.7. The summed E-state index contributed by atoms with van der Waals surface area (Å²) in [5.74, 6) is -0.0331. The molecule has 0 aliphatic carbocycles. The molecule has 0 fully saturated rings. The Balaban J connectivity index is 1.65. The molecule has 1 aromatic carbocycles. The number of benzene rings is 1. The maximum Gasteiger partial charge on any atom is 0.287 e. The molecule has 2 aromatic rings. The highest BCUT2D eigenvalue weighted by Crippen LogP contribution is 2.30. The van der Waals surface area contributed by atoms with Gasteiger partial charge in [0.15, 0.2) is 11.5 Å². The highest BCUT2D eigenvalue weighted by atomic mass is 16.5. The number of nitrogens with zero attached hydrogens (tertiary/aromatic N) is 3. The summed E-state index contributed by atoms with van der Waals surface area (Å²) in [4.78, 5) is 32.1. The van der Waals surface area contributed by atoms with E-state index >= 15 is 0 Å². The first-order valence-electron chi connectivity index (χ1n) is 9.47. The van der Waals surface area contributed by atoms with Gasteiger partial charge in [-0.15, -0.1) is 0 Å². The molecule has 27 heavy (non-hydrogen) atoms. The Bertz CT molecular complexity index is 874. The Morgan fingerprint density at radius 3 is 2.89 bits per heavy atom. The van der Waals surface area contributed by atoms with Crippen LogP contribution in [0.4, 0.5) is 5.69 Å². The van der Waals surface area contributed by atoms with Gasteiger partial charge in [-0.25, -0.2) is 4.98 Å². The summed E-state index contributed by atoms with van der Waals surface area (Å²) >= 11 is 0. The summed E-state index contributed by atoms with van der Waals surface area (Å²) in [5, 5.41) is 2.82. The first-order chi connectivity index (χ1) is 13.2. The van der Waals surface area contributed by atoms with E-state index in [0.717, 1.165) is 43.6 Å². The second-order valence-electron chi connectivity index (χ2n) is 6.92. The number of anilines is 1. The number of amides is 2. The van der Waals surface area contributed by atoms with E-state index in [-0.39, 0.29) is 11.8 Å². The first-order valence-corrected chi connectivity index (χ1v) is 9.47. The molecule has 0 bridgehead atoms. The molecule has 0 saturated heterocycles. The van der Waals surface area contributed by atoms with E-state index in [1.165, 1.54) is 5.56 Å². The molecule has 0 unspecified atom stereocenters. The third-order valence-electron chi connectivity index (χ3n) is 5.25. The lowest BCUT2D eigenvalue weighted by Crippen LogP contribution is -2.30. The SMILES string of the molecule is COCCNC(=O)c1nc(C(=O)N2CCc3ccccc32)c2n1CCCC2. The molecule has 0 saturated carbocycles. The number of imidazole rings is 1. The molecule has 7 heteroatoms. The number of rotatable bonds is 5. The molecule has 1 aromatic heterocycles. The van der Waals surface area contributed by atoms with E-state index < -0.39 is 0 Å². The fourth-order valence-corrected chi connectivity index (χ4v) is 3.91. The molecule has 2 amide bonds. The minimum atomic E-state index is -0.254. The zero-order chi connectivity index (χ0) is 18.8. The van der Waals surface area contributed by atoms with Gasteiger partial charge in [0.05, 0.1) is 12.3 Å². The van der Waals surface area contributed by atoms with Crippen molar-refractivity contribution in [2.24, 2.45) is 0 Å². The monoisotopic (exact) mass is 368 g/mol. The van der Waals surface area contributed by atoms with Crippen molar-refractivity contribution in [2.75, 3.05) is 31.7 Å². The lowest BCUT2D eigenvalue weighted by atomic mass is 10.1. The molecule has 2 aliphatic heterocycles. The van der Waals surface area contributed by atoms with Gasteiger partial charge in [0.2, 0.25) is 0 Å². The predicted octanol–water partition coefficient (Wildman–Crippen LogP) is 1.80. The molecule has 7 nitrogen and oxygen atoms in total. The molecule has 4 rings (SSSR count). The summed E-state index contributed by atoms with van der Waals surface area (Å²) in [6.45, 7) is 2.23. The number of para-hydroxylation sites is 1. The normalized spacial score (nSPS) is 15.4. The van der Waals surface area contributed by atoms with Gasteiger partial charge in [-0.1, -0.05) is 18.2 Å². The number of aromatic nitrogens is 2. The Hall–Kier alpha value is -2.67. The van der Waals surface area contributed by atoms with E-state index in [2.05, 4.69) is 16.4 Å². The van der Waals surface area contributed by atoms with Crippen molar-refractivity contribution in [2.45, 2.75) is 32.2 Å². The lowest BCUT2D eigenvalue weighted by Gasteiger charge is -2.19. The van der Waals surface area contributed by atoms with E-state index in [1.54, 1.807) is 12.0 Å². The molecule has 1 N–H and O–H groups in total. The minimum Gasteiger partial charge on any atom is -0.383 e. The van der Waals surface area contributed by atoms with Crippen LogP contribution in [0.25, 0.3) is 0 Å². The van der Waals surface area contributed by atoms with Crippen molar-refractivity contribution in [3.63, 3.8) is 0 Å². The molecular formula is C20H24N4O3. The van der Waals surface area contributed by atoms with Crippen LogP contribution in [0.15, 0.2) is 24.3 Å². The van der Waals surface area contributed by atoms with E-state index in [9.17, 15) is 9.59 Å². The van der Waals surface area contributed by atoms with E-state index in [4.69, 9.17) is 4.74 Å². The number of fused-ring (bicyclic) bond motifs is 2. The van der Waals surface area contributed by atoms with Gasteiger partial charge in [0.1, 0.15) is 0 Å². The zero-order valence-corrected chi connectivity index (χ0v) is 15.5. The molecule has 3 heterocycles. The predicted molar refractivity (Wildman–Crippen MR) is 101 cm³/mol. The van der Waals surface area contributed by atoms with Gasteiger partial charge >= 0.3 is 0 Å². The Morgan fingerprint density at radius 1 is 1.19 bits per heavy atom. The van der Waals surface area contributed by atoms with Crippen molar-refractivity contribution in [1.29, 1.82) is 0 Å². The summed E-state index contributed by atoms with van der Waals surface area (Å²) in [6, 6.07) is 7.97. The molecule has 0 spiro atoms. The van der Waals surface area contributed by atoms with Crippen LogP contribution in [0.5, 0.6) is 0 Å². The Labute approximate surface area is 158 Å². The van der Waals surface area contributed by atoms with Crippen LogP contribution in [-0.2, 0) is 24.1 Å². The number of hydrogen-bond acceptors (Lipinski definition) is 4. The fourth-order valence-electron chi connectivity index (χ4n) is 3.91. The standard InChI is InChI=1S/C20H24N4O3/c1-27-13-10-21-19(25)18-22-17(16-8-4-5-11-23(16)18)20(26)24-12-9-14-6-2-3-7-15(14)24/h2-3,6-7H,4-5,8-13H2,1H3,(H,21,25). The largest absolute Gasteiger partial charge is 0.383 e. The minimum absolute atomic E-state index is 0.110. The van der Waals surface area contributed by atoms with Gasteiger partial charge in [0, 0.05) is 32.4 Å². The topological polar surface area (TPSA) is 76.5 Å². The molecular weight excluding hydrogens is 344 g/mol. The van der Waals surface area contributed by atoms with Crippen molar-refractivity contribution < 1.29 is 14.3 Å². The van der Waals surface area contributed by atoms with Crippen LogP contribution in [0.3, 0.4) is 0 Å². The molecule has 142 valence electrons. The number of hydrogen-bond donors (Lipinski definition) is 1. The third kappa shape index (κ3) is 3.23. The second kappa shape index (κ2) is 7.52. The van der Waals surface area contributed by atoms with Crippen LogP contribution in [0.2, 0.25) is 0 Å². The number of carbonyl (C=O) groups excluding carboxylic acids is 2. The fraction of sp³-hybridized carbons (Fsp3) is 0.450.